The smallest absolute Gasteiger partial charge is 0.345 e. The average Bonchev–Trinajstić information content (AvgIpc) is 2.97. The van der Waals surface area contributed by atoms with E-state index in [1.807, 2.05) is 6.92 Å². The standard InChI is InChI=1S/C16H15NO2S/c1-10-4-3-5-14-13(10)6-7-17(14)9-12-8-15(16(18)19)20-11(12)2/h3-8H,9H2,1-2H3,(H,18,19). The minimum absolute atomic E-state index is 0.408. The average molecular weight is 285 g/mol. The fraction of sp³-hybridized carbons (Fsp3) is 0.188. The molecule has 2 aromatic heterocycles. The Labute approximate surface area is 121 Å². The summed E-state index contributed by atoms with van der Waals surface area (Å²) in [5.41, 5.74) is 3.52. The minimum atomic E-state index is -0.849. The van der Waals surface area contributed by atoms with Crippen LogP contribution in [0.5, 0.6) is 0 Å². The molecule has 0 bridgehead atoms. The summed E-state index contributed by atoms with van der Waals surface area (Å²) in [6.45, 7) is 4.79. The van der Waals surface area contributed by atoms with E-state index in [0.717, 1.165) is 10.4 Å². The lowest BCUT2D eigenvalue weighted by Crippen LogP contribution is -1.98. The Balaban J connectivity index is 2.01. The van der Waals surface area contributed by atoms with Gasteiger partial charge in [-0.3, -0.25) is 0 Å². The summed E-state index contributed by atoms with van der Waals surface area (Å²) in [6.07, 6.45) is 2.06. The van der Waals surface area contributed by atoms with E-state index in [-0.39, 0.29) is 0 Å². The number of aromatic carboxylic acids is 1. The van der Waals surface area contributed by atoms with Crippen LogP contribution in [0.2, 0.25) is 0 Å². The topological polar surface area (TPSA) is 42.2 Å². The zero-order chi connectivity index (χ0) is 14.3. The molecule has 4 heteroatoms. The molecule has 1 aromatic carbocycles. The van der Waals surface area contributed by atoms with Crippen molar-refractivity contribution in [3.8, 4) is 0 Å². The van der Waals surface area contributed by atoms with E-state index in [1.165, 1.54) is 27.8 Å². The quantitative estimate of drug-likeness (QED) is 0.788. The third kappa shape index (κ3) is 2.12. The number of thiophene rings is 1. The predicted molar refractivity (Wildman–Crippen MR) is 81.8 cm³/mol. The number of fused-ring (bicyclic) bond motifs is 1. The molecule has 1 N–H and O–H groups in total. The van der Waals surface area contributed by atoms with E-state index in [4.69, 9.17) is 5.11 Å². The monoisotopic (exact) mass is 285 g/mol. The Bertz CT molecular complexity index is 798. The number of hydrogen-bond donors (Lipinski definition) is 1. The van der Waals surface area contributed by atoms with Gasteiger partial charge in [-0.25, -0.2) is 4.79 Å². The molecule has 0 aliphatic rings. The molecule has 0 amide bonds. The highest BCUT2D eigenvalue weighted by atomic mass is 32.1. The van der Waals surface area contributed by atoms with Crippen molar-refractivity contribution in [1.82, 2.24) is 4.57 Å². The number of aromatic nitrogens is 1. The summed E-state index contributed by atoms with van der Waals surface area (Å²) in [5, 5.41) is 10.3. The summed E-state index contributed by atoms with van der Waals surface area (Å²) >= 11 is 1.34. The molecule has 102 valence electrons. The van der Waals surface area contributed by atoms with Gasteiger partial charge in [-0.15, -0.1) is 11.3 Å². The summed E-state index contributed by atoms with van der Waals surface area (Å²) in [7, 11) is 0. The van der Waals surface area contributed by atoms with Crippen molar-refractivity contribution in [2.45, 2.75) is 20.4 Å². The lowest BCUT2D eigenvalue weighted by Gasteiger charge is -2.05. The van der Waals surface area contributed by atoms with Crippen molar-refractivity contribution in [2.24, 2.45) is 0 Å². The molecule has 0 spiro atoms. The highest BCUT2D eigenvalue weighted by Crippen LogP contribution is 2.25. The Morgan fingerprint density at radius 3 is 2.80 bits per heavy atom. The van der Waals surface area contributed by atoms with E-state index in [1.54, 1.807) is 6.07 Å². The lowest BCUT2D eigenvalue weighted by atomic mass is 10.1. The van der Waals surface area contributed by atoms with Crippen molar-refractivity contribution in [2.75, 3.05) is 0 Å². The van der Waals surface area contributed by atoms with Crippen LogP contribution in [0.15, 0.2) is 36.5 Å². The molecule has 0 atom stereocenters. The number of carbonyl (C=O) groups is 1. The van der Waals surface area contributed by atoms with Crippen molar-refractivity contribution in [3.63, 3.8) is 0 Å². The Morgan fingerprint density at radius 2 is 2.10 bits per heavy atom. The van der Waals surface area contributed by atoms with Crippen LogP contribution in [-0.4, -0.2) is 15.6 Å². The molecule has 0 aliphatic carbocycles. The first-order valence-corrected chi connectivity index (χ1v) is 7.25. The van der Waals surface area contributed by atoms with Crippen LogP contribution < -0.4 is 0 Å². The van der Waals surface area contributed by atoms with Gasteiger partial charge in [0.2, 0.25) is 0 Å². The van der Waals surface area contributed by atoms with Crippen LogP contribution in [-0.2, 0) is 6.54 Å². The molecule has 0 saturated carbocycles. The van der Waals surface area contributed by atoms with Crippen LogP contribution in [0.3, 0.4) is 0 Å². The second-order valence-corrected chi connectivity index (χ2v) is 6.20. The summed E-state index contributed by atoms with van der Waals surface area (Å²) in [6, 6.07) is 10.2. The number of hydrogen-bond acceptors (Lipinski definition) is 2. The van der Waals surface area contributed by atoms with Gasteiger partial charge in [-0.1, -0.05) is 12.1 Å². The van der Waals surface area contributed by atoms with Crippen molar-refractivity contribution < 1.29 is 9.90 Å². The van der Waals surface area contributed by atoms with Crippen molar-refractivity contribution >= 4 is 28.2 Å². The second kappa shape index (κ2) is 4.80. The van der Waals surface area contributed by atoms with Gasteiger partial charge >= 0.3 is 5.97 Å². The Kier molecular flexibility index (Phi) is 3.10. The lowest BCUT2D eigenvalue weighted by molar-refractivity contribution is 0.0702. The van der Waals surface area contributed by atoms with Gasteiger partial charge in [0.15, 0.2) is 0 Å². The molecular weight excluding hydrogens is 270 g/mol. The summed E-state index contributed by atoms with van der Waals surface area (Å²) in [4.78, 5) is 12.5. The summed E-state index contributed by atoms with van der Waals surface area (Å²) < 4.78 is 2.17. The van der Waals surface area contributed by atoms with Crippen molar-refractivity contribution in [3.05, 3.63) is 57.4 Å². The number of benzene rings is 1. The van der Waals surface area contributed by atoms with Gasteiger partial charge in [-0.2, -0.15) is 0 Å². The number of rotatable bonds is 3. The minimum Gasteiger partial charge on any atom is -0.477 e. The number of nitrogens with zero attached hydrogens (tertiary/aromatic N) is 1. The number of carboxylic acid groups (broad SMARTS) is 1. The molecule has 0 unspecified atom stereocenters. The second-order valence-electron chi connectivity index (χ2n) is 4.95. The van der Waals surface area contributed by atoms with Gasteiger partial charge in [0.25, 0.3) is 0 Å². The first kappa shape index (κ1) is 12.9. The first-order chi connectivity index (χ1) is 9.56. The number of carboxylic acids is 1. The fourth-order valence-corrected chi connectivity index (χ4v) is 3.35. The Morgan fingerprint density at radius 1 is 1.30 bits per heavy atom. The summed E-state index contributed by atoms with van der Waals surface area (Å²) in [5.74, 6) is -0.849. The third-order valence-electron chi connectivity index (χ3n) is 3.60. The predicted octanol–water partition coefficient (Wildman–Crippen LogP) is 4.07. The fourth-order valence-electron chi connectivity index (χ4n) is 2.48. The normalized spacial score (nSPS) is 11.1. The van der Waals surface area contributed by atoms with Crippen LogP contribution in [0.4, 0.5) is 0 Å². The van der Waals surface area contributed by atoms with Crippen LogP contribution >= 0.6 is 11.3 Å². The molecule has 3 rings (SSSR count). The Hall–Kier alpha value is -2.07. The number of aryl methyl sites for hydroxylation is 2. The molecule has 0 aliphatic heterocycles. The largest absolute Gasteiger partial charge is 0.477 e. The van der Waals surface area contributed by atoms with Gasteiger partial charge in [0.05, 0.1) is 0 Å². The van der Waals surface area contributed by atoms with Crippen LogP contribution in [0, 0.1) is 13.8 Å². The third-order valence-corrected chi connectivity index (χ3v) is 4.68. The maximum absolute atomic E-state index is 11.0. The highest BCUT2D eigenvalue weighted by Gasteiger charge is 2.12. The van der Waals surface area contributed by atoms with Crippen LogP contribution in [0.1, 0.15) is 25.7 Å². The van der Waals surface area contributed by atoms with Gasteiger partial charge < -0.3 is 9.67 Å². The van der Waals surface area contributed by atoms with E-state index < -0.39 is 5.97 Å². The van der Waals surface area contributed by atoms with E-state index in [9.17, 15) is 4.79 Å². The molecule has 2 heterocycles. The van der Waals surface area contributed by atoms with E-state index in [2.05, 4.69) is 42.0 Å². The molecule has 3 nitrogen and oxygen atoms in total. The molecule has 0 radical (unpaired) electrons. The maximum Gasteiger partial charge on any atom is 0.345 e. The molecule has 0 fully saturated rings. The molecule has 20 heavy (non-hydrogen) atoms. The van der Waals surface area contributed by atoms with E-state index >= 15 is 0 Å². The molecule has 3 aromatic rings. The molecule has 0 saturated heterocycles. The SMILES string of the molecule is Cc1sc(C(=O)O)cc1Cn1ccc2c(C)cccc21. The van der Waals surface area contributed by atoms with Crippen molar-refractivity contribution in [1.29, 1.82) is 0 Å². The van der Waals surface area contributed by atoms with Gasteiger partial charge in [0.1, 0.15) is 4.88 Å². The molecular formula is C16H15NO2S. The van der Waals surface area contributed by atoms with Crippen LogP contribution in [0.25, 0.3) is 10.9 Å². The van der Waals surface area contributed by atoms with E-state index in [0.29, 0.717) is 11.4 Å². The van der Waals surface area contributed by atoms with Gasteiger partial charge in [0, 0.05) is 28.5 Å². The zero-order valence-corrected chi connectivity index (χ0v) is 12.2. The maximum atomic E-state index is 11.0. The van der Waals surface area contributed by atoms with Gasteiger partial charge in [-0.05, 0) is 43.2 Å². The zero-order valence-electron chi connectivity index (χ0n) is 11.4. The highest BCUT2D eigenvalue weighted by molar-refractivity contribution is 7.14. The first-order valence-electron chi connectivity index (χ1n) is 6.43.